The molecule has 0 amide bonds. The van der Waals surface area contributed by atoms with Gasteiger partial charge in [0.05, 0.1) is 11.6 Å². The van der Waals surface area contributed by atoms with E-state index in [1.165, 1.54) is 6.07 Å². The first-order valence-electron chi connectivity index (χ1n) is 3.43. The first-order valence-corrected chi connectivity index (χ1v) is 4.60. The SMILES string of the molecule is CCOc1ccc(Br)c(Cl)c1F. The van der Waals surface area contributed by atoms with E-state index in [-0.39, 0.29) is 10.8 Å². The molecule has 12 heavy (non-hydrogen) atoms. The van der Waals surface area contributed by atoms with Gasteiger partial charge >= 0.3 is 0 Å². The van der Waals surface area contributed by atoms with E-state index in [2.05, 4.69) is 15.9 Å². The first-order chi connectivity index (χ1) is 5.66. The third-order valence-corrected chi connectivity index (χ3v) is 2.56. The molecule has 0 N–H and O–H groups in total. The fourth-order valence-electron chi connectivity index (χ4n) is 0.775. The second-order valence-electron chi connectivity index (χ2n) is 2.11. The summed E-state index contributed by atoms with van der Waals surface area (Å²) < 4.78 is 18.7. The molecule has 0 aromatic heterocycles. The maximum atomic E-state index is 13.2. The molecule has 0 aliphatic heterocycles. The molecule has 0 aliphatic rings. The monoisotopic (exact) mass is 252 g/mol. The van der Waals surface area contributed by atoms with Crippen LogP contribution in [-0.2, 0) is 0 Å². The van der Waals surface area contributed by atoms with E-state index < -0.39 is 5.82 Å². The van der Waals surface area contributed by atoms with Crippen LogP contribution in [0.2, 0.25) is 5.02 Å². The summed E-state index contributed by atoms with van der Waals surface area (Å²) in [5.41, 5.74) is 0. The summed E-state index contributed by atoms with van der Waals surface area (Å²) >= 11 is 8.72. The van der Waals surface area contributed by atoms with Gasteiger partial charge in [-0.3, -0.25) is 0 Å². The highest BCUT2D eigenvalue weighted by Gasteiger charge is 2.10. The van der Waals surface area contributed by atoms with Gasteiger partial charge in [0.15, 0.2) is 11.6 Å². The second kappa shape index (κ2) is 4.10. The molecule has 66 valence electrons. The van der Waals surface area contributed by atoms with Gasteiger partial charge in [-0.15, -0.1) is 0 Å². The van der Waals surface area contributed by atoms with E-state index >= 15 is 0 Å². The third kappa shape index (κ3) is 1.90. The molecule has 0 atom stereocenters. The van der Waals surface area contributed by atoms with Crippen molar-refractivity contribution in [1.29, 1.82) is 0 Å². The minimum atomic E-state index is -0.520. The third-order valence-electron chi connectivity index (χ3n) is 1.30. The summed E-state index contributed by atoms with van der Waals surface area (Å²) in [4.78, 5) is 0. The largest absolute Gasteiger partial charge is 0.491 e. The van der Waals surface area contributed by atoms with Crippen molar-refractivity contribution >= 4 is 27.5 Å². The first kappa shape index (κ1) is 9.81. The molecular formula is C8H7BrClFO. The van der Waals surface area contributed by atoms with E-state index in [4.69, 9.17) is 16.3 Å². The molecular weight excluding hydrogens is 246 g/mol. The Balaban J connectivity index is 3.08. The van der Waals surface area contributed by atoms with Gasteiger partial charge in [0, 0.05) is 4.47 Å². The van der Waals surface area contributed by atoms with E-state index in [1.54, 1.807) is 13.0 Å². The molecule has 1 aromatic carbocycles. The number of halogens is 3. The van der Waals surface area contributed by atoms with Gasteiger partial charge in [-0.1, -0.05) is 11.6 Å². The van der Waals surface area contributed by atoms with Gasteiger partial charge < -0.3 is 4.74 Å². The molecule has 1 aromatic rings. The minimum Gasteiger partial charge on any atom is -0.491 e. The Hall–Kier alpha value is -0.280. The zero-order chi connectivity index (χ0) is 9.14. The lowest BCUT2D eigenvalue weighted by Crippen LogP contribution is -1.94. The fourth-order valence-corrected chi connectivity index (χ4v) is 1.24. The number of hydrogen-bond acceptors (Lipinski definition) is 1. The van der Waals surface area contributed by atoms with Crippen LogP contribution in [0.5, 0.6) is 5.75 Å². The maximum absolute atomic E-state index is 13.2. The van der Waals surface area contributed by atoms with Crippen LogP contribution in [-0.4, -0.2) is 6.61 Å². The van der Waals surface area contributed by atoms with Crippen molar-refractivity contribution < 1.29 is 9.13 Å². The van der Waals surface area contributed by atoms with Crippen molar-refractivity contribution in [1.82, 2.24) is 0 Å². The smallest absolute Gasteiger partial charge is 0.184 e. The van der Waals surface area contributed by atoms with Gasteiger partial charge in [0.25, 0.3) is 0 Å². The number of rotatable bonds is 2. The van der Waals surface area contributed by atoms with Crippen LogP contribution in [0.25, 0.3) is 0 Å². The highest BCUT2D eigenvalue weighted by atomic mass is 79.9. The van der Waals surface area contributed by atoms with Crippen LogP contribution in [0.1, 0.15) is 6.92 Å². The predicted octanol–water partition coefficient (Wildman–Crippen LogP) is 3.64. The summed E-state index contributed by atoms with van der Waals surface area (Å²) in [7, 11) is 0. The van der Waals surface area contributed by atoms with E-state index in [1.807, 2.05) is 0 Å². The Labute approximate surface area is 83.6 Å². The van der Waals surface area contributed by atoms with Crippen molar-refractivity contribution in [3.8, 4) is 5.75 Å². The molecule has 1 rings (SSSR count). The zero-order valence-corrected chi connectivity index (χ0v) is 8.75. The lowest BCUT2D eigenvalue weighted by Gasteiger charge is -2.05. The summed E-state index contributed by atoms with van der Waals surface area (Å²) in [5.74, 6) is -0.335. The molecule has 0 aliphatic carbocycles. The number of benzene rings is 1. The Kier molecular flexibility index (Phi) is 3.35. The van der Waals surface area contributed by atoms with Crippen molar-refractivity contribution in [2.45, 2.75) is 6.92 Å². The second-order valence-corrected chi connectivity index (χ2v) is 3.34. The Morgan fingerprint density at radius 1 is 1.58 bits per heavy atom. The normalized spacial score (nSPS) is 10.0. The lowest BCUT2D eigenvalue weighted by atomic mass is 10.3. The van der Waals surface area contributed by atoms with Crippen molar-refractivity contribution in [2.24, 2.45) is 0 Å². The summed E-state index contributed by atoms with van der Waals surface area (Å²) in [6.45, 7) is 2.21. The van der Waals surface area contributed by atoms with Gasteiger partial charge in [-0.25, -0.2) is 4.39 Å². The number of hydrogen-bond donors (Lipinski definition) is 0. The van der Waals surface area contributed by atoms with Crippen LogP contribution >= 0.6 is 27.5 Å². The van der Waals surface area contributed by atoms with E-state index in [0.717, 1.165) is 0 Å². The predicted molar refractivity (Wildman–Crippen MR) is 50.3 cm³/mol. The van der Waals surface area contributed by atoms with Crippen LogP contribution in [0, 0.1) is 5.82 Å². The maximum Gasteiger partial charge on any atom is 0.184 e. The molecule has 0 bridgehead atoms. The standard InChI is InChI=1S/C8H7BrClFO/c1-2-12-6-4-3-5(9)7(10)8(6)11/h3-4H,2H2,1H3. The summed E-state index contributed by atoms with van der Waals surface area (Å²) in [5, 5.41) is 0.0564. The van der Waals surface area contributed by atoms with Crippen LogP contribution in [0.3, 0.4) is 0 Å². The van der Waals surface area contributed by atoms with Crippen LogP contribution in [0.4, 0.5) is 4.39 Å². The molecule has 0 radical (unpaired) electrons. The van der Waals surface area contributed by atoms with Crippen LogP contribution < -0.4 is 4.74 Å². The summed E-state index contributed by atoms with van der Waals surface area (Å²) in [6, 6.07) is 3.19. The average molecular weight is 253 g/mol. The molecule has 0 unspecified atom stereocenters. The van der Waals surface area contributed by atoms with Crippen molar-refractivity contribution in [3.05, 3.63) is 27.4 Å². The van der Waals surface area contributed by atoms with Crippen molar-refractivity contribution in [2.75, 3.05) is 6.61 Å². The van der Waals surface area contributed by atoms with Gasteiger partial charge in [0.1, 0.15) is 0 Å². The molecule has 1 nitrogen and oxygen atoms in total. The highest BCUT2D eigenvalue weighted by molar-refractivity contribution is 9.10. The zero-order valence-electron chi connectivity index (χ0n) is 6.40. The minimum absolute atomic E-state index is 0.0564. The van der Waals surface area contributed by atoms with Crippen molar-refractivity contribution in [3.63, 3.8) is 0 Å². The average Bonchev–Trinajstić information content (AvgIpc) is 2.07. The Morgan fingerprint density at radius 2 is 2.25 bits per heavy atom. The van der Waals surface area contributed by atoms with E-state index in [0.29, 0.717) is 11.1 Å². The molecule has 4 heteroatoms. The topological polar surface area (TPSA) is 9.23 Å². The lowest BCUT2D eigenvalue weighted by molar-refractivity contribution is 0.321. The van der Waals surface area contributed by atoms with Gasteiger partial charge in [-0.05, 0) is 35.0 Å². The Bertz CT molecular complexity index is 291. The molecule has 0 spiro atoms. The Morgan fingerprint density at radius 3 is 2.83 bits per heavy atom. The summed E-state index contributed by atoms with van der Waals surface area (Å²) in [6.07, 6.45) is 0. The molecule has 0 saturated carbocycles. The molecule has 0 fully saturated rings. The highest BCUT2D eigenvalue weighted by Crippen LogP contribution is 2.31. The molecule has 0 saturated heterocycles. The van der Waals surface area contributed by atoms with Gasteiger partial charge in [0.2, 0.25) is 0 Å². The van der Waals surface area contributed by atoms with E-state index in [9.17, 15) is 4.39 Å². The number of ether oxygens (including phenoxy) is 1. The van der Waals surface area contributed by atoms with Gasteiger partial charge in [-0.2, -0.15) is 0 Å². The quantitative estimate of drug-likeness (QED) is 0.731. The fraction of sp³-hybridized carbons (Fsp3) is 0.250. The van der Waals surface area contributed by atoms with Crippen LogP contribution in [0.15, 0.2) is 16.6 Å². The molecule has 0 heterocycles.